The van der Waals surface area contributed by atoms with E-state index in [9.17, 15) is 20.1 Å². The molecule has 0 radical (unpaired) electrons. The third kappa shape index (κ3) is 10.0. The van der Waals surface area contributed by atoms with Gasteiger partial charge in [0.15, 0.2) is 5.78 Å². The topological polar surface area (TPSA) is 205 Å². The van der Waals surface area contributed by atoms with E-state index in [1.807, 2.05) is 0 Å². The number of phenolic OH excluding ortho intramolecular Hbond substituents is 4. The molecule has 11 nitrogen and oxygen atoms in total. The Morgan fingerprint density at radius 2 is 1.50 bits per heavy atom. The number of aliphatic hydroxyl groups is 3. The molecule has 1 saturated heterocycles. The Labute approximate surface area is 195 Å². The van der Waals surface area contributed by atoms with Gasteiger partial charge < -0.3 is 45.6 Å². The summed E-state index contributed by atoms with van der Waals surface area (Å²) in [5.74, 6) is -2.31. The van der Waals surface area contributed by atoms with E-state index in [-0.39, 0.29) is 36.7 Å². The lowest BCUT2D eigenvalue weighted by atomic mass is 10.0. The van der Waals surface area contributed by atoms with E-state index in [1.165, 1.54) is 12.1 Å². The van der Waals surface area contributed by atoms with E-state index < -0.39 is 41.6 Å². The number of hydrogen-bond donors (Lipinski definition) is 8. The van der Waals surface area contributed by atoms with Crippen LogP contribution in [0.1, 0.15) is 35.7 Å². The summed E-state index contributed by atoms with van der Waals surface area (Å²) in [5.41, 5.74) is 0.662. The fraction of sp³-hybridized carbons (Fsp3) is 0.391. The molecule has 0 saturated carbocycles. The van der Waals surface area contributed by atoms with Crippen LogP contribution in [0.3, 0.4) is 0 Å². The molecule has 11 heteroatoms. The number of benzene rings is 2. The number of aryl methyl sites for hydroxylation is 1. The van der Waals surface area contributed by atoms with Crippen molar-refractivity contribution in [2.75, 3.05) is 13.2 Å². The highest BCUT2D eigenvalue weighted by Crippen LogP contribution is 2.33. The molecule has 188 valence electrons. The molecule has 8 N–H and O–H groups in total. The Morgan fingerprint density at radius 1 is 0.971 bits per heavy atom. The van der Waals surface area contributed by atoms with E-state index in [1.54, 1.807) is 12.1 Å². The van der Waals surface area contributed by atoms with Crippen molar-refractivity contribution in [3.63, 3.8) is 0 Å². The molecule has 1 aliphatic heterocycles. The van der Waals surface area contributed by atoms with E-state index in [0.29, 0.717) is 12.8 Å². The second-order valence-corrected chi connectivity index (χ2v) is 7.48. The number of aromatic hydroxyl groups is 4. The number of rotatable bonds is 5. The number of aliphatic hydroxyl groups excluding tert-OH is 3. The van der Waals surface area contributed by atoms with Crippen LogP contribution in [0.25, 0.3) is 0 Å². The number of carboxylic acid groups (broad SMARTS) is 1. The lowest BCUT2D eigenvalue weighted by Crippen LogP contribution is -2.42. The summed E-state index contributed by atoms with van der Waals surface area (Å²) in [6.07, 6.45) is -1.02. The number of ether oxygens (including phenoxy) is 1. The summed E-state index contributed by atoms with van der Waals surface area (Å²) in [6.45, 7) is 1.11. The van der Waals surface area contributed by atoms with Gasteiger partial charge in [-0.25, -0.2) is 0 Å². The van der Waals surface area contributed by atoms with Crippen LogP contribution in [0.5, 0.6) is 23.0 Å². The zero-order valence-corrected chi connectivity index (χ0v) is 18.5. The number of carboxylic acids is 1. The van der Waals surface area contributed by atoms with Crippen molar-refractivity contribution in [1.82, 2.24) is 0 Å². The van der Waals surface area contributed by atoms with Crippen LogP contribution in [0.15, 0.2) is 36.4 Å². The summed E-state index contributed by atoms with van der Waals surface area (Å²) >= 11 is 0. The molecule has 2 aromatic rings. The largest absolute Gasteiger partial charge is 0.508 e. The standard InChI is InChI=1S/C15H14O5.C6H12O4.C2H4O2/c16-10-4-1-9(2-5-10)3-6-12(18)15-13(19)7-11(17)8-14(15)20;7-2-6-5(9)1-4(8)3-10-6;1-2(3)4/h1-2,4-5,7-8,16-17,19-20H,3,6H2;4-9H,1-3H2;1H3,(H,3,4)/t;4?,5?,6-;/m.1./s1. The van der Waals surface area contributed by atoms with Crippen LogP contribution in [0, 0.1) is 0 Å². The van der Waals surface area contributed by atoms with Gasteiger partial charge >= 0.3 is 0 Å². The highest BCUT2D eigenvalue weighted by Gasteiger charge is 2.27. The first-order valence-corrected chi connectivity index (χ1v) is 10.3. The molecule has 1 fully saturated rings. The van der Waals surface area contributed by atoms with E-state index in [0.717, 1.165) is 24.6 Å². The van der Waals surface area contributed by atoms with Crippen molar-refractivity contribution in [1.29, 1.82) is 0 Å². The summed E-state index contributed by atoms with van der Waals surface area (Å²) in [7, 11) is 0. The Bertz CT molecular complexity index is 900. The van der Waals surface area contributed by atoms with Crippen molar-refractivity contribution >= 4 is 11.8 Å². The fourth-order valence-corrected chi connectivity index (χ4v) is 2.95. The van der Waals surface area contributed by atoms with Crippen molar-refractivity contribution in [2.24, 2.45) is 0 Å². The summed E-state index contributed by atoms with van der Waals surface area (Å²) in [5, 5.41) is 71.6. The first-order valence-electron chi connectivity index (χ1n) is 10.3. The maximum Gasteiger partial charge on any atom is 0.300 e. The molecule has 0 aromatic heterocycles. The van der Waals surface area contributed by atoms with Crippen molar-refractivity contribution in [3.8, 4) is 23.0 Å². The third-order valence-electron chi connectivity index (χ3n) is 4.56. The number of ketones is 1. The van der Waals surface area contributed by atoms with Gasteiger partial charge in [-0.3, -0.25) is 9.59 Å². The quantitative estimate of drug-likeness (QED) is 0.281. The Balaban J connectivity index is 0.000000343. The van der Waals surface area contributed by atoms with Crippen molar-refractivity contribution < 1.29 is 55.2 Å². The molecule has 1 aliphatic rings. The monoisotopic (exact) mass is 482 g/mol. The Morgan fingerprint density at radius 3 is 1.97 bits per heavy atom. The van der Waals surface area contributed by atoms with Gasteiger partial charge in [-0.05, 0) is 24.1 Å². The minimum absolute atomic E-state index is 0.0939. The number of Topliss-reactive ketones (excluding diaryl/α,β-unsaturated/α-hetero) is 1. The molecule has 3 atom stereocenters. The van der Waals surface area contributed by atoms with Gasteiger partial charge in [0.05, 0.1) is 25.4 Å². The third-order valence-corrected chi connectivity index (χ3v) is 4.56. The lowest BCUT2D eigenvalue weighted by molar-refractivity contribution is -0.136. The first-order chi connectivity index (χ1) is 15.9. The maximum atomic E-state index is 12.0. The number of hydrogen-bond acceptors (Lipinski definition) is 10. The molecule has 0 spiro atoms. The summed E-state index contributed by atoms with van der Waals surface area (Å²) < 4.78 is 4.90. The highest BCUT2D eigenvalue weighted by molar-refractivity contribution is 6.01. The summed E-state index contributed by atoms with van der Waals surface area (Å²) in [6, 6.07) is 8.45. The molecule has 1 heterocycles. The van der Waals surface area contributed by atoms with Crippen molar-refractivity contribution in [2.45, 2.75) is 44.5 Å². The molecular weight excluding hydrogens is 452 g/mol. The molecule has 2 aromatic carbocycles. The SMILES string of the molecule is CC(=O)O.O=C(CCc1ccc(O)cc1)c1c(O)cc(O)cc1O.OC[C@H]1OCC(O)CC1O. The predicted molar refractivity (Wildman–Crippen MR) is 119 cm³/mol. The first kappa shape index (κ1) is 28.7. The van der Waals surface area contributed by atoms with Gasteiger partial charge in [0.2, 0.25) is 0 Å². The van der Waals surface area contributed by atoms with E-state index >= 15 is 0 Å². The van der Waals surface area contributed by atoms with Crippen molar-refractivity contribution in [3.05, 3.63) is 47.5 Å². The molecule has 0 aliphatic carbocycles. The normalized spacial score (nSPS) is 19.1. The average molecular weight is 482 g/mol. The fourth-order valence-electron chi connectivity index (χ4n) is 2.95. The highest BCUT2D eigenvalue weighted by atomic mass is 16.5. The maximum absolute atomic E-state index is 12.0. The van der Waals surface area contributed by atoms with E-state index in [4.69, 9.17) is 35.1 Å². The van der Waals surface area contributed by atoms with Crippen LogP contribution < -0.4 is 0 Å². The number of carbonyl (C=O) groups excluding carboxylic acids is 1. The Kier molecular flexibility index (Phi) is 11.8. The number of phenols is 4. The molecule has 0 amide bonds. The zero-order chi connectivity index (χ0) is 25.8. The summed E-state index contributed by atoms with van der Waals surface area (Å²) in [4.78, 5) is 21.0. The average Bonchev–Trinajstić information content (AvgIpc) is 2.73. The van der Waals surface area contributed by atoms with Gasteiger partial charge in [0.25, 0.3) is 5.97 Å². The number of aliphatic carboxylic acids is 1. The minimum atomic E-state index is -0.833. The van der Waals surface area contributed by atoms with Crippen LogP contribution in [-0.4, -0.2) is 84.1 Å². The van der Waals surface area contributed by atoms with Crippen LogP contribution in [-0.2, 0) is 16.0 Å². The van der Waals surface area contributed by atoms with Crippen LogP contribution >= 0.6 is 0 Å². The molecule has 3 rings (SSSR count). The van der Waals surface area contributed by atoms with Gasteiger partial charge in [-0.2, -0.15) is 0 Å². The number of carbonyl (C=O) groups is 2. The Hall–Kier alpha value is -3.38. The molecule has 0 bridgehead atoms. The van der Waals surface area contributed by atoms with Gasteiger partial charge in [0.1, 0.15) is 34.7 Å². The van der Waals surface area contributed by atoms with Gasteiger partial charge in [-0.1, -0.05) is 12.1 Å². The van der Waals surface area contributed by atoms with E-state index in [2.05, 4.69) is 0 Å². The second kappa shape index (κ2) is 14.0. The second-order valence-electron chi connectivity index (χ2n) is 7.48. The molecular formula is C23H30O11. The lowest BCUT2D eigenvalue weighted by Gasteiger charge is -2.29. The minimum Gasteiger partial charge on any atom is -0.508 e. The smallest absolute Gasteiger partial charge is 0.300 e. The van der Waals surface area contributed by atoms with Crippen LogP contribution in [0.2, 0.25) is 0 Å². The van der Waals surface area contributed by atoms with Crippen LogP contribution in [0.4, 0.5) is 0 Å². The van der Waals surface area contributed by atoms with Gasteiger partial charge in [0, 0.05) is 31.9 Å². The predicted octanol–water partition coefficient (Wildman–Crippen LogP) is 0.905. The zero-order valence-electron chi connectivity index (χ0n) is 18.5. The molecule has 34 heavy (non-hydrogen) atoms. The van der Waals surface area contributed by atoms with Gasteiger partial charge in [-0.15, -0.1) is 0 Å². The molecule has 2 unspecified atom stereocenters.